The molecule has 0 bridgehead atoms. The van der Waals surface area contributed by atoms with Crippen molar-refractivity contribution < 1.29 is 9.85 Å². The molecule has 7 nitrogen and oxygen atoms in total. The lowest BCUT2D eigenvalue weighted by atomic mass is 9.95. The highest BCUT2D eigenvalue weighted by Crippen LogP contribution is 2.42. The zero-order valence-electron chi connectivity index (χ0n) is 23.9. The summed E-state index contributed by atoms with van der Waals surface area (Å²) in [6, 6.07) is 21.9. The third-order valence-corrected chi connectivity index (χ3v) is 8.21. The van der Waals surface area contributed by atoms with Gasteiger partial charge in [0, 0.05) is 29.4 Å². The monoisotopic (exact) mass is 549 g/mol. The topological polar surface area (TPSA) is 91.2 Å². The fourth-order valence-corrected chi connectivity index (χ4v) is 6.22. The number of fused-ring (bicyclic) bond motifs is 3. The molecular formula is C34H35N3O4. The fraction of sp³-hybridized carbons (Fsp3) is 0.294. The molecule has 0 aliphatic carbocycles. The first-order valence-corrected chi connectivity index (χ1v) is 14.4. The maximum absolute atomic E-state index is 11.9. The average Bonchev–Trinajstić information content (AvgIpc) is 3.30. The summed E-state index contributed by atoms with van der Waals surface area (Å²) in [4.78, 5) is 23.1. The second-order valence-electron chi connectivity index (χ2n) is 10.7. The van der Waals surface area contributed by atoms with Crippen LogP contribution in [-0.2, 0) is 6.54 Å². The number of aryl methyl sites for hydroxylation is 3. The van der Waals surface area contributed by atoms with Crippen molar-refractivity contribution in [2.24, 2.45) is 0 Å². The van der Waals surface area contributed by atoms with Gasteiger partial charge in [-0.2, -0.15) is 0 Å². The molecule has 0 aliphatic rings. The van der Waals surface area contributed by atoms with Crippen molar-refractivity contribution in [2.75, 3.05) is 0 Å². The molecule has 5 rings (SSSR count). The first-order chi connectivity index (χ1) is 19.8. The van der Waals surface area contributed by atoms with E-state index in [-0.39, 0.29) is 21.2 Å². The molecule has 0 spiro atoms. The van der Waals surface area contributed by atoms with Gasteiger partial charge in [-0.15, -0.1) is 0 Å². The third-order valence-electron chi connectivity index (χ3n) is 8.21. The van der Waals surface area contributed by atoms with Gasteiger partial charge in [0.2, 0.25) is 0 Å². The molecule has 0 unspecified atom stereocenters. The van der Waals surface area contributed by atoms with E-state index in [4.69, 9.17) is 0 Å². The number of aromatic nitrogens is 1. The molecule has 1 aromatic heterocycles. The van der Waals surface area contributed by atoms with Crippen molar-refractivity contribution in [3.05, 3.63) is 104 Å². The Balaban J connectivity index is 1.74. The van der Waals surface area contributed by atoms with E-state index in [0.717, 1.165) is 63.4 Å². The number of rotatable bonds is 11. The van der Waals surface area contributed by atoms with E-state index < -0.39 is 0 Å². The molecule has 0 saturated carbocycles. The van der Waals surface area contributed by atoms with Crippen molar-refractivity contribution >= 4 is 33.2 Å². The van der Waals surface area contributed by atoms with Crippen LogP contribution in [0.4, 0.5) is 11.4 Å². The largest absolute Gasteiger partial charge is 0.340 e. The highest BCUT2D eigenvalue weighted by Gasteiger charge is 2.23. The number of hydrogen-bond acceptors (Lipinski definition) is 4. The molecule has 0 aliphatic heterocycles. The molecule has 0 atom stereocenters. The number of unbranched alkanes of at least 4 members (excludes halogenated alkanes) is 5. The summed E-state index contributed by atoms with van der Waals surface area (Å²) in [5, 5.41) is 25.9. The number of nitro groups is 2. The van der Waals surface area contributed by atoms with Crippen LogP contribution >= 0.6 is 0 Å². The Morgan fingerprint density at radius 1 is 0.585 bits per heavy atom. The highest BCUT2D eigenvalue weighted by molar-refractivity contribution is 6.13. The SMILES string of the molecule is CCCCCCCCn1c2c(C)c(-c3ccccc3[N+](=O)[O-])ccc2c2ccc(-c3ccccc3[N+](=O)[O-])c(C)c21. The summed E-state index contributed by atoms with van der Waals surface area (Å²) in [6.45, 7) is 7.11. The van der Waals surface area contributed by atoms with E-state index in [1.807, 2.05) is 50.2 Å². The van der Waals surface area contributed by atoms with E-state index in [0.29, 0.717) is 11.1 Å². The summed E-state index contributed by atoms with van der Waals surface area (Å²) < 4.78 is 2.35. The lowest BCUT2D eigenvalue weighted by molar-refractivity contribution is -0.384. The van der Waals surface area contributed by atoms with E-state index in [1.54, 1.807) is 24.3 Å². The Morgan fingerprint density at radius 3 is 1.49 bits per heavy atom. The minimum absolute atomic E-state index is 0.0865. The van der Waals surface area contributed by atoms with Gasteiger partial charge in [0.15, 0.2) is 0 Å². The molecule has 0 radical (unpaired) electrons. The van der Waals surface area contributed by atoms with E-state index >= 15 is 0 Å². The van der Waals surface area contributed by atoms with Crippen molar-refractivity contribution in [1.82, 2.24) is 4.57 Å². The molecule has 5 aromatic rings. The lowest BCUT2D eigenvalue weighted by Gasteiger charge is -2.15. The summed E-state index contributed by atoms with van der Waals surface area (Å²) in [6.07, 6.45) is 6.98. The van der Waals surface area contributed by atoms with Gasteiger partial charge in [0.05, 0.1) is 32.0 Å². The molecule has 0 fully saturated rings. The second kappa shape index (κ2) is 11.9. The van der Waals surface area contributed by atoms with Gasteiger partial charge in [-0.05, 0) is 54.7 Å². The molecule has 7 heteroatoms. The van der Waals surface area contributed by atoms with E-state index in [9.17, 15) is 20.2 Å². The van der Waals surface area contributed by atoms with Gasteiger partial charge in [-0.1, -0.05) is 87.6 Å². The zero-order chi connectivity index (χ0) is 29.1. The maximum Gasteiger partial charge on any atom is 0.277 e. The zero-order valence-corrected chi connectivity index (χ0v) is 23.9. The standard InChI is InChI=1S/C34H35N3O4/c1-4-5-6-7-8-13-22-35-33-23(2)25(27-14-9-11-16-31(27)36(38)39)18-20-29(33)30-21-19-26(24(3)34(30)35)28-15-10-12-17-32(28)37(40)41/h9-12,14-21H,4-8,13,22H2,1-3H3. The third kappa shape index (κ3) is 5.20. The highest BCUT2D eigenvalue weighted by atomic mass is 16.6. The summed E-state index contributed by atoms with van der Waals surface area (Å²) >= 11 is 0. The van der Waals surface area contributed by atoms with Crippen LogP contribution in [0.25, 0.3) is 44.1 Å². The van der Waals surface area contributed by atoms with Crippen LogP contribution in [0.1, 0.15) is 56.6 Å². The number of para-hydroxylation sites is 2. The molecule has 0 N–H and O–H groups in total. The number of nitrogens with zero attached hydrogens (tertiary/aromatic N) is 3. The minimum Gasteiger partial charge on any atom is -0.340 e. The molecule has 0 amide bonds. The first-order valence-electron chi connectivity index (χ1n) is 14.4. The molecule has 0 saturated heterocycles. The van der Waals surface area contributed by atoms with Crippen molar-refractivity contribution in [2.45, 2.75) is 65.8 Å². The predicted molar refractivity (Wildman–Crippen MR) is 166 cm³/mol. The Bertz CT molecular complexity index is 1650. The van der Waals surface area contributed by atoms with Crippen molar-refractivity contribution in [3.8, 4) is 22.3 Å². The van der Waals surface area contributed by atoms with E-state index in [2.05, 4.69) is 23.6 Å². The van der Waals surface area contributed by atoms with Gasteiger partial charge in [0.25, 0.3) is 11.4 Å². The van der Waals surface area contributed by atoms with Crippen LogP contribution in [0, 0.1) is 34.1 Å². The summed E-state index contributed by atoms with van der Waals surface area (Å²) in [7, 11) is 0. The van der Waals surface area contributed by atoms with Gasteiger partial charge in [-0.3, -0.25) is 20.2 Å². The molecule has 4 aromatic carbocycles. The summed E-state index contributed by atoms with van der Waals surface area (Å²) in [5.74, 6) is 0. The van der Waals surface area contributed by atoms with Crippen LogP contribution < -0.4 is 0 Å². The second-order valence-corrected chi connectivity index (χ2v) is 10.7. The number of benzene rings is 4. The van der Waals surface area contributed by atoms with Crippen LogP contribution in [0.15, 0.2) is 72.8 Å². The Hall–Kier alpha value is -4.52. The fourth-order valence-electron chi connectivity index (χ4n) is 6.22. The van der Waals surface area contributed by atoms with Gasteiger partial charge in [-0.25, -0.2) is 0 Å². The number of hydrogen-bond donors (Lipinski definition) is 0. The molecule has 41 heavy (non-hydrogen) atoms. The quantitative estimate of drug-likeness (QED) is 0.0931. The molecule has 1 heterocycles. The number of nitro benzene ring substituents is 2. The van der Waals surface area contributed by atoms with Gasteiger partial charge in [0.1, 0.15) is 0 Å². The Kier molecular flexibility index (Phi) is 8.15. The lowest BCUT2D eigenvalue weighted by Crippen LogP contribution is -2.02. The van der Waals surface area contributed by atoms with Crippen LogP contribution in [0.3, 0.4) is 0 Å². The first kappa shape index (κ1) is 28.0. The Labute approximate surface area is 239 Å². The smallest absolute Gasteiger partial charge is 0.277 e. The van der Waals surface area contributed by atoms with Gasteiger partial charge >= 0.3 is 0 Å². The van der Waals surface area contributed by atoms with Crippen LogP contribution in [-0.4, -0.2) is 14.4 Å². The normalized spacial score (nSPS) is 11.4. The average molecular weight is 550 g/mol. The predicted octanol–water partition coefficient (Wildman–Crippen LogP) is 9.92. The molecular weight excluding hydrogens is 514 g/mol. The van der Waals surface area contributed by atoms with Gasteiger partial charge < -0.3 is 4.57 Å². The van der Waals surface area contributed by atoms with Crippen molar-refractivity contribution in [1.29, 1.82) is 0 Å². The van der Waals surface area contributed by atoms with Crippen LogP contribution in [0.5, 0.6) is 0 Å². The van der Waals surface area contributed by atoms with Crippen molar-refractivity contribution in [3.63, 3.8) is 0 Å². The van der Waals surface area contributed by atoms with Crippen LogP contribution in [0.2, 0.25) is 0 Å². The summed E-state index contributed by atoms with van der Waals surface area (Å²) in [5.41, 5.74) is 7.17. The molecule has 210 valence electrons. The van der Waals surface area contributed by atoms with E-state index in [1.165, 1.54) is 25.7 Å². The maximum atomic E-state index is 11.9. The minimum atomic E-state index is -0.325. The Morgan fingerprint density at radius 2 is 1.02 bits per heavy atom.